The zero-order valence-electron chi connectivity index (χ0n) is 13.3. The summed E-state index contributed by atoms with van der Waals surface area (Å²) in [4.78, 5) is 24.8. The van der Waals surface area contributed by atoms with Gasteiger partial charge < -0.3 is 10.6 Å². The molecular formula is C17H14Cl2F2N2O2. The molecule has 0 radical (unpaired) electrons. The molecule has 0 unspecified atom stereocenters. The number of rotatable bonds is 4. The summed E-state index contributed by atoms with van der Waals surface area (Å²) in [6.45, 7) is 2.73. The highest BCUT2D eigenvalue weighted by Crippen LogP contribution is 2.26. The zero-order chi connectivity index (χ0) is 18.8. The minimum atomic E-state index is -1.55. The van der Waals surface area contributed by atoms with E-state index in [0.717, 1.165) is 12.1 Å². The molecule has 0 aliphatic heterocycles. The molecule has 8 heteroatoms. The summed E-state index contributed by atoms with van der Waals surface area (Å²) in [7, 11) is 0. The molecule has 0 bridgehead atoms. The first-order valence-electron chi connectivity index (χ1n) is 7.13. The van der Waals surface area contributed by atoms with Crippen LogP contribution in [0.1, 0.15) is 13.8 Å². The van der Waals surface area contributed by atoms with Crippen molar-refractivity contribution in [1.29, 1.82) is 0 Å². The molecule has 4 nitrogen and oxygen atoms in total. The number of carbonyl (C=O) groups is 2. The van der Waals surface area contributed by atoms with Crippen molar-refractivity contribution in [2.24, 2.45) is 5.41 Å². The third-order valence-corrected chi connectivity index (χ3v) is 3.87. The molecule has 0 saturated carbocycles. The predicted octanol–water partition coefficient (Wildman–Crippen LogP) is 4.88. The number of carbonyl (C=O) groups excluding carboxylic acids is 2. The van der Waals surface area contributed by atoms with Gasteiger partial charge in [0, 0.05) is 21.8 Å². The lowest BCUT2D eigenvalue weighted by Crippen LogP contribution is -2.41. The minimum Gasteiger partial charge on any atom is -0.325 e. The molecule has 25 heavy (non-hydrogen) atoms. The first-order chi connectivity index (χ1) is 11.6. The third kappa shape index (κ3) is 4.67. The smallest absolute Gasteiger partial charge is 0.239 e. The van der Waals surface area contributed by atoms with Gasteiger partial charge in [-0.1, -0.05) is 23.2 Å². The van der Waals surface area contributed by atoms with Crippen LogP contribution in [0.2, 0.25) is 10.0 Å². The Bertz CT molecular complexity index is 821. The van der Waals surface area contributed by atoms with Crippen LogP contribution in [0.15, 0.2) is 36.4 Å². The van der Waals surface area contributed by atoms with E-state index < -0.39 is 28.9 Å². The Kier molecular flexibility index (Phi) is 5.65. The van der Waals surface area contributed by atoms with E-state index in [0.29, 0.717) is 21.8 Å². The maximum Gasteiger partial charge on any atom is 0.239 e. The molecule has 2 amide bonds. The van der Waals surface area contributed by atoms with Gasteiger partial charge in [-0.25, -0.2) is 8.78 Å². The van der Waals surface area contributed by atoms with Crippen LogP contribution in [0.4, 0.5) is 20.2 Å². The van der Waals surface area contributed by atoms with Crippen molar-refractivity contribution in [3.63, 3.8) is 0 Å². The Balaban J connectivity index is 2.15. The van der Waals surface area contributed by atoms with Crippen LogP contribution in [0.25, 0.3) is 0 Å². The highest BCUT2D eigenvalue weighted by molar-refractivity contribution is 6.35. The van der Waals surface area contributed by atoms with Crippen molar-refractivity contribution >= 4 is 46.4 Å². The summed E-state index contributed by atoms with van der Waals surface area (Å²) in [6, 6.07) is 7.15. The second-order valence-electron chi connectivity index (χ2n) is 5.82. The molecule has 132 valence electrons. The van der Waals surface area contributed by atoms with Gasteiger partial charge in [-0.15, -0.1) is 0 Å². The number of benzene rings is 2. The van der Waals surface area contributed by atoms with Gasteiger partial charge in [0.25, 0.3) is 0 Å². The topological polar surface area (TPSA) is 58.2 Å². The number of nitrogens with one attached hydrogen (secondary N) is 2. The summed E-state index contributed by atoms with van der Waals surface area (Å²) < 4.78 is 26.6. The first-order valence-corrected chi connectivity index (χ1v) is 7.89. The lowest BCUT2D eigenvalue weighted by Gasteiger charge is -2.23. The largest absolute Gasteiger partial charge is 0.325 e. The second kappa shape index (κ2) is 7.37. The van der Waals surface area contributed by atoms with Crippen LogP contribution in [-0.2, 0) is 9.59 Å². The molecule has 2 aromatic rings. The van der Waals surface area contributed by atoms with Crippen molar-refractivity contribution in [3.8, 4) is 0 Å². The number of hydrogen-bond donors (Lipinski definition) is 2. The lowest BCUT2D eigenvalue weighted by molar-refractivity contribution is -0.135. The van der Waals surface area contributed by atoms with Gasteiger partial charge in [0.2, 0.25) is 11.8 Å². The Morgan fingerprint density at radius 3 is 2.04 bits per heavy atom. The monoisotopic (exact) mass is 386 g/mol. The number of amides is 2. The summed E-state index contributed by atoms with van der Waals surface area (Å²) >= 11 is 11.7. The van der Waals surface area contributed by atoms with Crippen molar-refractivity contribution in [2.45, 2.75) is 13.8 Å². The number of hydrogen-bond acceptors (Lipinski definition) is 2. The third-order valence-electron chi connectivity index (χ3n) is 3.44. The highest BCUT2D eigenvalue weighted by atomic mass is 35.5. The summed E-state index contributed by atoms with van der Waals surface area (Å²) in [6.07, 6.45) is 0. The second-order valence-corrected chi connectivity index (χ2v) is 6.69. The van der Waals surface area contributed by atoms with Crippen molar-refractivity contribution in [2.75, 3.05) is 10.6 Å². The standard InChI is InChI=1S/C17H14Cl2F2N2O2/c1-17(2,15(24)22-12-6-9(18)5-10(19)7-12)16(25)23-14-4-3-11(20)8-13(14)21/h3-8H,1-2H3,(H,22,24)(H,23,25). The fraction of sp³-hybridized carbons (Fsp3) is 0.176. The molecule has 2 aromatic carbocycles. The van der Waals surface area contributed by atoms with Crippen LogP contribution in [0.3, 0.4) is 0 Å². The van der Waals surface area contributed by atoms with Crippen LogP contribution >= 0.6 is 23.2 Å². The van der Waals surface area contributed by atoms with Gasteiger partial charge in [0.1, 0.15) is 17.0 Å². The van der Waals surface area contributed by atoms with Gasteiger partial charge in [0.15, 0.2) is 0 Å². The molecule has 0 atom stereocenters. The van der Waals surface area contributed by atoms with Gasteiger partial charge >= 0.3 is 0 Å². The molecule has 0 aliphatic carbocycles. The van der Waals surface area contributed by atoms with E-state index in [1.165, 1.54) is 32.0 Å². The van der Waals surface area contributed by atoms with E-state index in [4.69, 9.17) is 23.2 Å². The first kappa shape index (κ1) is 19.1. The maximum atomic E-state index is 13.7. The van der Waals surface area contributed by atoms with Gasteiger partial charge in [-0.3, -0.25) is 9.59 Å². The highest BCUT2D eigenvalue weighted by Gasteiger charge is 2.36. The van der Waals surface area contributed by atoms with E-state index in [-0.39, 0.29) is 5.69 Å². The number of halogens is 4. The van der Waals surface area contributed by atoms with Crippen molar-refractivity contribution in [3.05, 3.63) is 58.1 Å². The maximum absolute atomic E-state index is 13.7. The summed E-state index contributed by atoms with van der Waals surface area (Å²) in [5, 5.41) is 5.44. The molecule has 2 N–H and O–H groups in total. The average molecular weight is 387 g/mol. The summed E-state index contributed by atoms with van der Waals surface area (Å²) in [5.74, 6) is -3.12. The fourth-order valence-electron chi connectivity index (χ4n) is 1.89. The normalized spacial score (nSPS) is 11.1. The van der Waals surface area contributed by atoms with E-state index in [9.17, 15) is 18.4 Å². The molecule has 0 spiro atoms. The van der Waals surface area contributed by atoms with Gasteiger partial charge in [-0.2, -0.15) is 0 Å². The predicted molar refractivity (Wildman–Crippen MR) is 93.9 cm³/mol. The van der Waals surface area contributed by atoms with Crippen molar-refractivity contribution < 1.29 is 18.4 Å². The Morgan fingerprint density at radius 1 is 0.920 bits per heavy atom. The van der Waals surface area contributed by atoms with E-state index in [1.54, 1.807) is 0 Å². The quantitative estimate of drug-likeness (QED) is 0.735. The molecular weight excluding hydrogens is 373 g/mol. The van der Waals surface area contributed by atoms with Crippen LogP contribution in [0.5, 0.6) is 0 Å². The molecule has 0 fully saturated rings. The van der Waals surface area contributed by atoms with E-state index in [2.05, 4.69) is 10.6 Å². The molecule has 0 heterocycles. The van der Waals surface area contributed by atoms with E-state index >= 15 is 0 Å². The molecule has 0 aliphatic rings. The molecule has 0 saturated heterocycles. The van der Waals surface area contributed by atoms with Gasteiger partial charge in [0.05, 0.1) is 5.69 Å². The zero-order valence-corrected chi connectivity index (χ0v) is 14.8. The van der Waals surface area contributed by atoms with E-state index in [1.807, 2.05) is 0 Å². The average Bonchev–Trinajstić information content (AvgIpc) is 2.48. The van der Waals surface area contributed by atoms with Crippen LogP contribution in [0, 0.1) is 17.0 Å². The fourth-order valence-corrected chi connectivity index (χ4v) is 2.41. The SMILES string of the molecule is CC(C)(C(=O)Nc1cc(Cl)cc(Cl)c1)C(=O)Nc1ccc(F)cc1F. The molecule has 2 rings (SSSR count). The Labute approximate surface area is 153 Å². The Morgan fingerprint density at radius 2 is 1.48 bits per heavy atom. The van der Waals surface area contributed by atoms with Crippen LogP contribution in [-0.4, -0.2) is 11.8 Å². The van der Waals surface area contributed by atoms with Gasteiger partial charge in [-0.05, 0) is 44.2 Å². The lowest BCUT2D eigenvalue weighted by atomic mass is 9.90. The number of anilines is 2. The Hall–Kier alpha value is -2.18. The molecule has 0 aromatic heterocycles. The van der Waals surface area contributed by atoms with Crippen molar-refractivity contribution in [1.82, 2.24) is 0 Å². The van der Waals surface area contributed by atoms with Crippen LogP contribution < -0.4 is 10.6 Å². The minimum absolute atomic E-state index is 0.224. The summed E-state index contributed by atoms with van der Waals surface area (Å²) in [5.41, 5.74) is -1.45.